The summed E-state index contributed by atoms with van der Waals surface area (Å²) in [5, 5.41) is 5.80. The van der Waals surface area contributed by atoms with Crippen molar-refractivity contribution in [1.82, 2.24) is 5.32 Å². The molecule has 0 radical (unpaired) electrons. The predicted octanol–water partition coefficient (Wildman–Crippen LogP) is 3.09. The number of amides is 2. The van der Waals surface area contributed by atoms with Crippen molar-refractivity contribution in [2.45, 2.75) is 0 Å². The van der Waals surface area contributed by atoms with Crippen LogP contribution in [0.25, 0.3) is 0 Å². The van der Waals surface area contributed by atoms with Crippen LogP contribution in [-0.4, -0.2) is 25.2 Å². The maximum atomic E-state index is 12.0. The number of fused-ring (bicyclic) bond motifs is 1. The summed E-state index contributed by atoms with van der Waals surface area (Å²) in [5.74, 6) is 0.394. The van der Waals surface area contributed by atoms with Gasteiger partial charge in [-0.05, 0) is 30.3 Å². The Balaban J connectivity index is 1.55. The molecule has 8 heteroatoms. The van der Waals surface area contributed by atoms with E-state index in [-0.39, 0.29) is 24.3 Å². The number of carbonyl (C=O) groups excluding carboxylic acids is 2. The lowest BCUT2D eigenvalue weighted by atomic mass is 10.2. The summed E-state index contributed by atoms with van der Waals surface area (Å²) < 4.78 is 10.4. The second-order valence-corrected chi connectivity index (χ2v) is 5.74. The van der Waals surface area contributed by atoms with Gasteiger partial charge in [0.15, 0.2) is 11.5 Å². The van der Waals surface area contributed by atoms with E-state index in [9.17, 15) is 9.59 Å². The highest BCUT2D eigenvalue weighted by Crippen LogP contribution is 2.34. The molecular weight excluding hydrogens is 355 g/mol. The molecule has 0 unspecified atom stereocenters. The Morgan fingerprint density at radius 1 is 1.00 bits per heavy atom. The summed E-state index contributed by atoms with van der Waals surface area (Å²) >= 11 is 11.7. The maximum absolute atomic E-state index is 12.0. The Kier molecular flexibility index (Phi) is 4.78. The van der Waals surface area contributed by atoms with Crippen molar-refractivity contribution in [2.24, 2.45) is 0 Å². The zero-order valence-electron chi connectivity index (χ0n) is 12.3. The summed E-state index contributed by atoms with van der Waals surface area (Å²) in [5.41, 5.74) is 0.869. The van der Waals surface area contributed by atoms with Gasteiger partial charge in [0.1, 0.15) is 0 Å². The Bertz CT molecular complexity index is 811. The van der Waals surface area contributed by atoms with Crippen LogP contribution in [0, 0.1) is 0 Å². The molecule has 2 N–H and O–H groups in total. The molecule has 0 aliphatic carbocycles. The van der Waals surface area contributed by atoms with Crippen molar-refractivity contribution in [2.75, 3.05) is 18.7 Å². The predicted molar refractivity (Wildman–Crippen MR) is 90.0 cm³/mol. The van der Waals surface area contributed by atoms with Crippen molar-refractivity contribution in [3.63, 3.8) is 0 Å². The minimum atomic E-state index is -0.422. The number of benzene rings is 2. The van der Waals surface area contributed by atoms with Crippen molar-refractivity contribution in [1.29, 1.82) is 0 Å². The van der Waals surface area contributed by atoms with E-state index in [1.54, 1.807) is 18.2 Å². The Hall–Kier alpha value is -2.44. The average Bonchev–Trinajstić information content (AvgIpc) is 3.03. The van der Waals surface area contributed by atoms with Crippen molar-refractivity contribution >= 4 is 40.7 Å². The number of nitrogens with one attached hydrogen (secondary N) is 2. The van der Waals surface area contributed by atoms with Crippen LogP contribution >= 0.6 is 23.2 Å². The summed E-state index contributed by atoms with van der Waals surface area (Å²) in [6.07, 6.45) is 0. The average molecular weight is 367 g/mol. The minimum absolute atomic E-state index is 0.159. The fourth-order valence-corrected chi connectivity index (χ4v) is 2.38. The van der Waals surface area contributed by atoms with Crippen LogP contribution in [0.2, 0.25) is 10.0 Å². The van der Waals surface area contributed by atoms with Crippen molar-refractivity contribution in [3.8, 4) is 11.5 Å². The first-order valence-electron chi connectivity index (χ1n) is 6.95. The number of carbonyl (C=O) groups is 2. The van der Waals surface area contributed by atoms with E-state index in [0.29, 0.717) is 27.8 Å². The quantitative estimate of drug-likeness (QED) is 0.871. The molecule has 1 heterocycles. The van der Waals surface area contributed by atoms with E-state index in [1.807, 2.05) is 0 Å². The van der Waals surface area contributed by atoms with Gasteiger partial charge >= 0.3 is 0 Å². The van der Waals surface area contributed by atoms with E-state index < -0.39 is 5.91 Å². The number of hydrogen-bond donors (Lipinski definition) is 2. The number of hydrogen-bond acceptors (Lipinski definition) is 4. The van der Waals surface area contributed by atoms with Crippen LogP contribution in [0.4, 0.5) is 5.69 Å². The molecule has 0 fully saturated rings. The van der Waals surface area contributed by atoms with Crippen molar-refractivity contribution in [3.05, 3.63) is 52.0 Å². The number of rotatable bonds is 4. The molecule has 2 aromatic carbocycles. The monoisotopic (exact) mass is 366 g/mol. The summed E-state index contributed by atoms with van der Waals surface area (Å²) in [4.78, 5) is 23.9. The van der Waals surface area contributed by atoms with Gasteiger partial charge in [0, 0.05) is 17.3 Å². The Morgan fingerprint density at radius 2 is 1.79 bits per heavy atom. The van der Waals surface area contributed by atoms with E-state index in [2.05, 4.69) is 10.6 Å². The summed E-state index contributed by atoms with van der Waals surface area (Å²) in [7, 11) is 0. The molecule has 0 saturated heterocycles. The lowest BCUT2D eigenvalue weighted by Gasteiger charge is -2.08. The number of halogens is 2. The van der Waals surface area contributed by atoms with Crippen LogP contribution in [0.15, 0.2) is 36.4 Å². The van der Waals surface area contributed by atoms with Gasteiger partial charge in [-0.25, -0.2) is 0 Å². The molecule has 2 amide bonds. The molecular formula is C16H12Cl2N2O4. The third-order valence-electron chi connectivity index (χ3n) is 3.25. The molecule has 1 aliphatic heterocycles. The van der Waals surface area contributed by atoms with E-state index in [0.717, 1.165) is 0 Å². The molecule has 0 atom stereocenters. The first kappa shape index (κ1) is 16.4. The standard InChI is InChI=1S/C16H12Cl2N2O4/c17-11-3-1-9(5-12(11)18)16(22)19-7-15(21)20-10-2-4-13-14(6-10)24-8-23-13/h1-6H,7-8H2,(H,19,22)(H,20,21). The van der Waals surface area contributed by atoms with Crippen molar-refractivity contribution < 1.29 is 19.1 Å². The molecule has 0 bridgehead atoms. The lowest BCUT2D eigenvalue weighted by Crippen LogP contribution is -2.32. The first-order valence-corrected chi connectivity index (χ1v) is 7.71. The van der Waals surface area contributed by atoms with E-state index in [4.69, 9.17) is 32.7 Å². The molecule has 124 valence electrons. The fourth-order valence-electron chi connectivity index (χ4n) is 2.08. The minimum Gasteiger partial charge on any atom is -0.454 e. The lowest BCUT2D eigenvalue weighted by molar-refractivity contribution is -0.115. The van der Waals surface area contributed by atoms with Gasteiger partial charge in [-0.15, -0.1) is 0 Å². The first-order chi connectivity index (χ1) is 11.5. The maximum Gasteiger partial charge on any atom is 0.251 e. The number of anilines is 1. The SMILES string of the molecule is O=C(CNC(=O)c1ccc(Cl)c(Cl)c1)Nc1ccc2c(c1)OCO2. The molecule has 3 rings (SSSR count). The van der Waals surface area contributed by atoms with Gasteiger partial charge in [0.05, 0.1) is 16.6 Å². The molecule has 1 aliphatic rings. The highest BCUT2D eigenvalue weighted by Gasteiger charge is 2.15. The van der Waals surface area contributed by atoms with E-state index >= 15 is 0 Å². The molecule has 2 aromatic rings. The van der Waals surface area contributed by atoms with Crippen LogP contribution in [-0.2, 0) is 4.79 Å². The van der Waals surface area contributed by atoms with Gasteiger partial charge < -0.3 is 20.1 Å². The van der Waals surface area contributed by atoms with E-state index in [1.165, 1.54) is 18.2 Å². The molecule has 0 saturated carbocycles. The molecule has 0 spiro atoms. The Labute approximate surface area is 147 Å². The summed E-state index contributed by atoms with van der Waals surface area (Å²) in [6, 6.07) is 9.53. The second kappa shape index (κ2) is 6.98. The topological polar surface area (TPSA) is 76.7 Å². The fraction of sp³-hybridized carbons (Fsp3) is 0.125. The van der Waals surface area contributed by atoms with Crippen LogP contribution in [0.1, 0.15) is 10.4 Å². The molecule has 0 aromatic heterocycles. The highest BCUT2D eigenvalue weighted by molar-refractivity contribution is 6.42. The van der Waals surface area contributed by atoms with Gasteiger partial charge in [-0.2, -0.15) is 0 Å². The van der Waals surface area contributed by atoms with Crippen LogP contribution in [0.5, 0.6) is 11.5 Å². The van der Waals surface area contributed by atoms with Gasteiger partial charge in [0.25, 0.3) is 5.91 Å². The summed E-state index contributed by atoms with van der Waals surface area (Å²) in [6.45, 7) is -0.0278. The third kappa shape index (κ3) is 3.72. The van der Waals surface area contributed by atoms with Gasteiger partial charge in [0.2, 0.25) is 12.7 Å². The Morgan fingerprint density at radius 3 is 2.58 bits per heavy atom. The normalized spacial score (nSPS) is 11.9. The zero-order valence-corrected chi connectivity index (χ0v) is 13.8. The van der Waals surface area contributed by atoms with Crippen LogP contribution < -0.4 is 20.1 Å². The smallest absolute Gasteiger partial charge is 0.251 e. The van der Waals surface area contributed by atoms with Crippen LogP contribution in [0.3, 0.4) is 0 Å². The molecule has 24 heavy (non-hydrogen) atoms. The number of ether oxygens (including phenoxy) is 2. The van der Waals surface area contributed by atoms with Gasteiger partial charge in [-0.3, -0.25) is 9.59 Å². The zero-order chi connectivity index (χ0) is 17.1. The second-order valence-electron chi connectivity index (χ2n) is 4.93. The highest BCUT2D eigenvalue weighted by atomic mass is 35.5. The van der Waals surface area contributed by atoms with Gasteiger partial charge in [-0.1, -0.05) is 23.2 Å². The third-order valence-corrected chi connectivity index (χ3v) is 3.99. The molecule has 6 nitrogen and oxygen atoms in total. The largest absolute Gasteiger partial charge is 0.454 e.